The third kappa shape index (κ3) is 1.84. The number of aliphatic hydroxyl groups excluding tert-OH is 1. The third-order valence-corrected chi connectivity index (χ3v) is 7.96. The highest BCUT2D eigenvalue weighted by Crippen LogP contribution is 2.64. The summed E-state index contributed by atoms with van der Waals surface area (Å²) in [6.45, 7) is 4.51. The Hall–Kier alpha value is -0.700. The molecule has 0 aromatic carbocycles. The molecule has 122 valence electrons. The van der Waals surface area contributed by atoms with Gasteiger partial charge in [0.25, 0.3) is 0 Å². The van der Waals surface area contributed by atoms with Crippen LogP contribution in [0.2, 0.25) is 0 Å². The van der Waals surface area contributed by atoms with Crippen LogP contribution in [0.3, 0.4) is 0 Å². The number of aliphatic hydroxyl groups is 1. The quantitative estimate of drug-likeness (QED) is 0.748. The normalized spacial score (nSPS) is 54.6. The molecule has 7 atom stereocenters. The summed E-state index contributed by atoms with van der Waals surface area (Å²) >= 11 is 0. The van der Waals surface area contributed by atoms with Gasteiger partial charge in [-0.25, -0.2) is 0 Å². The lowest BCUT2D eigenvalue weighted by Crippen LogP contribution is -2.60. The number of hydrogen-bond donors (Lipinski definition) is 1. The van der Waals surface area contributed by atoms with E-state index >= 15 is 0 Å². The van der Waals surface area contributed by atoms with E-state index in [1.54, 1.807) is 0 Å². The standard InChI is InChI=1S/C19H28O3/c1-18-6-3-4-13(18)16-14(21)9-11-8-12(20)5-7-19(11,2)17(16)15(22)10-18/h11,13-14,16-17,21H,3-10H2,1-2H3. The van der Waals surface area contributed by atoms with Crippen molar-refractivity contribution in [1.29, 1.82) is 0 Å². The molecule has 4 rings (SSSR count). The Morgan fingerprint density at radius 1 is 1.18 bits per heavy atom. The first-order valence-corrected chi connectivity index (χ1v) is 9.08. The molecule has 4 aliphatic rings. The van der Waals surface area contributed by atoms with Gasteiger partial charge in [-0.15, -0.1) is 0 Å². The fraction of sp³-hybridized carbons (Fsp3) is 0.895. The van der Waals surface area contributed by atoms with Crippen LogP contribution in [0.1, 0.15) is 65.2 Å². The van der Waals surface area contributed by atoms with Gasteiger partial charge in [-0.2, -0.15) is 0 Å². The summed E-state index contributed by atoms with van der Waals surface area (Å²) in [5, 5.41) is 10.9. The summed E-state index contributed by atoms with van der Waals surface area (Å²) in [4.78, 5) is 24.9. The Bertz CT molecular complexity index is 527. The Balaban J connectivity index is 1.75. The highest BCUT2D eigenvalue weighted by molar-refractivity contribution is 5.85. The largest absolute Gasteiger partial charge is 0.393 e. The SMILES string of the molecule is CC12CCCC1C1C(O)CC3CC(=O)CCC3(C)C1C(=O)C2. The minimum Gasteiger partial charge on any atom is -0.393 e. The van der Waals surface area contributed by atoms with Crippen molar-refractivity contribution in [3.05, 3.63) is 0 Å². The Morgan fingerprint density at radius 3 is 2.73 bits per heavy atom. The first-order chi connectivity index (χ1) is 10.3. The minimum atomic E-state index is -0.388. The van der Waals surface area contributed by atoms with Crippen molar-refractivity contribution in [2.45, 2.75) is 71.3 Å². The summed E-state index contributed by atoms with van der Waals surface area (Å²) in [5.74, 6) is 1.54. The zero-order valence-electron chi connectivity index (χ0n) is 13.8. The van der Waals surface area contributed by atoms with Gasteiger partial charge in [0.1, 0.15) is 11.6 Å². The number of fused-ring (bicyclic) bond motifs is 5. The van der Waals surface area contributed by atoms with Gasteiger partial charge in [-0.05, 0) is 54.3 Å². The molecule has 3 nitrogen and oxygen atoms in total. The van der Waals surface area contributed by atoms with Crippen LogP contribution in [-0.4, -0.2) is 22.8 Å². The number of hydrogen-bond acceptors (Lipinski definition) is 3. The smallest absolute Gasteiger partial charge is 0.137 e. The maximum Gasteiger partial charge on any atom is 0.137 e. The van der Waals surface area contributed by atoms with Crippen molar-refractivity contribution in [3.63, 3.8) is 0 Å². The number of carbonyl (C=O) groups is 2. The molecule has 4 aliphatic carbocycles. The van der Waals surface area contributed by atoms with E-state index in [1.807, 2.05) is 0 Å². The van der Waals surface area contributed by atoms with Crippen LogP contribution >= 0.6 is 0 Å². The van der Waals surface area contributed by atoms with Gasteiger partial charge >= 0.3 is 0 Å². The molecule has 0 aromatic rings. The molecule has 0 radical (unpaired) electrons. The van der Waals surface area contributed by atoms with E-state index in [1.165, 1.54) is 12.8 Å². The van der Waals surface area contributed by atoms with Gasteiger partial charge in [0.05, 0.1) is 6.10 Å². The molecule has 3 heteroatoms. The highest BCUT2D eigenvalue weighted by Gasteiger charge is 2.63. The Morgan fingerprint density at radius 2 is 1.95 bits per heavy atom. The Labute approximate surface area is 132 Å². The molecule has 4 fully saturated rings. The lowest BCUT2D eigenvalue weighted by molar-refractivity contribution is -0.176. The van der Waals surface area contributed by atoms with E-state index in [0.717, 1.165) is 19.3 Å². The second-order valence-corrected chi connectivity index (χ2v) is 9.10. The first kappa shape index (κ1) is 14.9. The molecule has 0 aliphatic heterocycles. The summed E-state index contributed by atoms with van der Waals surface area (Å²) in [7, 11) is 0. The molecule has 0 heterocycles. The Kier molecular flexibility index (Phi) is 3.15. The minimum absolute atomic E-state index is 0.00877. The van der Waals surface area contributed by atoms with E-state index in [2.05, 4.69) is 13.8 Å². The molecule has 0 bridgehead atoms. The summed E-state index contributed by atoms with van der Waals surface area (Å²) in [6, 6.07) is 0. The zero-order chi connectivity index (χ0) is 15.7. The predicted octanol–water partition coefficient (Wildman–Crippen LogP) is 3.14. The second kappa shape index (κ2) is 4.66. The van der Waals surface area contributed by atoms with Crippen LogP contribution in [0.15, 0.2) is 0 Å². The molecule has 22 heavy (non-hydrogen) atoms. The van der Waals surface area contributed by atoms with Crippen LogP contribution in [0.25, 0.3) is 0 Å². The summed E-state index contributed by atoms with van der Waals surface area (Å²) in [5.41, 5.74) is 0.0612. The lowest BCUT2D eigenvalue weighted by atomic mass is 9.44. The van der Waals surface area contributed by atoms with E-state index < -0.39 is 0 Å². The number of ketones is 2. The molecular weight excluding hydrogens is 276 g/mol. The average molecular weight is 304 g/mol. The van der Waals surface area contributed by atoms with Crippen molar-refractivity contribution >= 4 is 11.6 Å². The van der Waals surface area contributed by atoms with Gasteiger partial charge in [-0.3, -0.25) is 9.59 Å². The fourth-order valence-electron chi connectivity index (χ4n) is 6.82. The number of carbonyl (C=O) groups excluding carboxylic acids is 2. The van der Waals surface area contributed by atoms with Crippen molar-refractivity contribution < 1.29 is 14.7 Å². The van der Waals surface area contributed by atoms with Crippen LogP contribution < -0.4 is 0 Å². The monoisotopic (exact) mass is 304 g/mol. The molecule has 7 unspecified atom stereocenters. The first-order valence-electron chi connectivity index (χ1n) is 9.08. The van der Waals surface area contributed by atoms with Gasteiger partial charge < -0.3 is 5.11 Å². The van der Waals surface area contributed by atoms with Crippen molar-refractivity contribution in [2.75, 3.05) is 0 Å². The van der Waals surface area contributed by atoms with Crippen molar-refractivity contribution in [2.24, 2.45) is 34.5 Å². The van der Waals surface area contributed by atoms with E-state index in [9.17, 15) is 14.7 Å². The van der Waals surface area contributed by atoms with Crippen molar-refractivity contribution in [3.8, 4) is 0 Å². The van der Waals surface area contributed by atoms with Gasteiger partial charge in [-0.1, -0.05) is 20.3 Å². The molecule has 0 saturated heterocycles. The maximum atomic E-state index is 13.1. The third-order valence-electron chi connectivity index (χ3n) is 7.96. The predicted molar refractivity (Wildman–Crippen MR) is 83.1 cm³/mol. The van der Waals surface area contributed by atoms with Gasteiger partial charge in [0.15, 0.2) is 0 Å². The fourth-order valence-corrected chi connectivity index (χ4v) is 6.82. The maximum absolute atomic E-state index is 13.1. The summed E-state index contributed by atoms with van der Waals surface area (Å²) in [6.07, 6.45) is 6.58. The van der Waals surface area contributed by atoms with Gasteiger partial charge in [0, 0.05) is 25.2 Å². The summed E-state index contributed by atoms with van der Waals surface area (Å²) < 4.78 is 0. The highest BCUT2D eigenvalue weighted by atomic mass is 16.3. The molecular formula is C19H28O3. The van der Waals surface area contributed by atoms with E-state index in [4.69, 9.17) is 0 Å². The zero-order valence-corrected chi connectivity index (χ0v) is 13.8. The van der Waals surface area contributed by atoms with Crippen LogP contribution in [0, 0.1) is 34.5 Å². The number of rotatable bonds is 0. The molecule has 0 aromatic heterocycles. The van der Waals surface area contributed by atoms with Crippen LogP contribution in [-0.2, 0) is 9.59 Å². The lowest BCUT2D eigenvalue weighted by Gasteiger charge is -2.60. The topological polar surface area (TPSA) is 54.4 Å². The average Bonchev–Trinajstić information content (AvgIpc) is 2.81. The van der Waals surface area contributed by atoms with Crippen LogP contribution in [0.4, 0.5) is 0 Å². The second-order valence-electron chi connectivity index (χ2n) is 9.10. The van der Waals surface area contributed by atoms with Crippen LogP contribution in [0.5, 0.6) is 0 Å². The van der Waals surface area contributed by atoms with Gasteiger partial charge in [0.2, 0.25) is 0 Å². The van der Waals surface area contributed by atoms with E-state index in [0.29, 0.717) is 36.7 Å². The molecule has 0 amide bonds. The molecule has 1 N–H and O–H groups in total. The van der Waals surface area contributed by atoms with E-state index in [-0.39, 0.29) is 34.7 Å². The van der Waals surface area contributed by atoms with Crippen molar-refractivity contribution in [1.82, 2.24) is 0 Å². The number of Topliss-reactive ketones (excluding diaryl/α,β-unsaturated/α-hetero) is 2. The molecule has 4 saturated carbocycles. The molecule has 0 spiro atoms.